The summed E-state index contributed by atoms with van der Waals surface area (Å²) in [5.41, 5.74) is -0.688. The second-order valence-corrected chi connectivity index (χ2v) is 4.66. The number of aldehydes is 1. The van der Waals surface area contributed by atoms with Gasteiger partial charge in [-0.2, -0.15) is 13.2 Å². The molecule has 1 heterocycles. The van der Waals surface area contributed by atoms with Gasteiger partial charge in [-0.25, -0.2) is 0 Å². The molecule has 0 bridgehead atoms. The molecule has 0 atom stereocenters. The molecular formula is C13H14F3NO. The monoisotopic (exact) mass is 257 g/mol. The van der Waals surface area contributed by atoms with Crippen molar-refractivity contribution in [2.45, 2.75) is 44.2 Å². The largest absolute Gasteiger partial charge is 0.434 e. The highest BCUT2D eigenvalue weighted by molar-refractivity contribution is 5.77. The Hall–Kier alpha value is -1.39. The van der Waals surface area contributed by atoms with E-state index in [-0.39, 0.29) is 17.8 Å². The van der Waals surface area contributed by atoms with Crippen molar-refractivity contribution in [3.63, 3.8) is 0 Å². The average molecular weight is 257 g/mol. The second-order valence-electron chi connectivity index (χ2n) is 4.66. The van der Waals surface area contributed by atoms with Gasteiger partial charge in [-0.15, -0.1) is 0 Å². The molecule has 0 unspecified atom stereocenters. The smallest absolute Gasteiger partial charge is 0.298 e. The molecule has 0 N–H and O–H groups in total. The summed E-state index contributed by atoms with van der Waals surface area (Å²) in [6, 6.07) is 1.35. The molecule has 0 aliphatic heterocycles. The van der Waals surface area contributed by atoms with E-state index in [0.717, 1.165) is 31.2 Å². The molecule has 98 valence electrons. The Bertz CT molecular complexity index is 436. The van der Waals surface area contributed by atoms with Crippen molar-refractivity contribution in [1.29, 1.82) is 0 Å². The number of carbonyl (C=O) groups excluding carboxylic acids is 1. The summed E-state index contributed by atoms with van der Waals surface area (Å²) >= 11 is 0. The minimum atomic E-state index is -4.57. The molecule has 2 rings (SSSR count). The molecule has 1 aromatic heterocycles. The molecule has 0 amide bonds. The number of alkyl halides is 3. The van der Waals surface area contributed by atoms with E-state index in [4.69, 9.17) is 0 Å². The van der Waals surface area contributed by atoms with E-state index in [1.807, 2.05) is 0 Å². The Balaban J connectivity index is 2.32. The maximum Gasteiger partial charge on any atom is 0.434 e. The number of pyridine rings is 1. The van der Waals surface area contributed by atoms with Gasteiger partial charge in [-0.1, -0.05) is 19.3 Å². The summed E-state index contributed by atoms with van der Waals surface area (Å²) in [5.74, 6) is 0.243. The zero-order valence-electron chi connectivity index (χ0n) is 9.83. The summed E-state index contributed by atoms with van der Waals surface area (Å²) in [6.45, 7) is 0. The van der Waals surface area contributed by atoms with Gasteiger partial charge in [0.15, 0.2) is 12.0 Å². The van der Waals surface area contributed by atoms with E-state index in [2.05, 4.69) is 4.98 Å². The predicted molar refractivity (Wildman–Crippen MR) is 60.5 cm³/mol. The van der Waals surface area contributed by atoms with Crippen LogP contribution < -0.4 is 0 Å². The fourth-order valence-corrected chi connectivity index (χ4v) is 2.48. The first-order valence-electron chi connectivity index (χ1n) is 6.04. The Morgan fingerprint density at radius 1 is 1.22 bits per heavy atom. The number of aromatic nitrogens is 1. The zero-order valence-corrected chi connectivity index (χ0v) is 9.83. The number of carbonyl (C=O) groups is 1. The predicted octanol–water partition coefficient (Wildman–Crippen LogP) is 3.96. The lowest BCUT2D eigenvalue weighted by molar-refractivity contribution is -0.141. The second kappa shape index (κ2) is 5.08. The van der Waals surface area contributed by atoms with Gasteiger partial charge in [0, 0.05) is 11.8 Å². The number of hydrogen-bond donors (Lipinski definition) is 0. The van der Waals surface area contributed by atoms with Crippen LogP contribution in [0.25, 0.3) is 0 Å². The molecule has 1 aliphatic carbocycles. The van der Waals surface area contributed by atoms with Crippen LogP contribution in [0.4, 0.5) is 13.2 Å². The van der Waals surface area contributed by atoms with Gasteiger partial charge in [0.25, 0.3) is 0 Å². The van der Waals surface area contributed by atoms with Crippen molar-refractivity contribution < 1.29 is 18.0 Å². The first-order valence-corrected chi connectivity index (χ1v) is 6.04. The SMILES string of the molecule is O=Cc1cc(C2CCCCC2)cnc1C(F)(F)F. The fraction of sp³-hybridized carbons (Fsp3) is 0.538. The Morgan fingerprint density at radius 2 is 1.89 bits per heavy atom. The third-order valence-corrected chi connectivity index (χ3v) is 3.41. The maximum atomic E-state index is 12.6. The van der Waals surface area contributed by atoms with E-state index in [1.165, 1.54) is 18.7 Å². The first-order chi connectivity index (χ1) is 8.52. The van der Waals surface area contributed by atoms with E-state index >= 15 is 0 Å². The van der Waals surface area contributed by atoms with Crippen LogP contribution in [0, 0.1) is 0 Å². The average Bonchev–Trinajstić information content (AvgIpc) is 2.38. The molecule has 2 nitrogen and oxygen atoms in total. The number of hydrogen-bond acceptors (Lipinski definition) is 2. The third-order valence-electron chi connectivity index (χ3n) is 3.41. The van der Waals surface area contributed by atoms with Crippen LogP contribution in [0.1, 0.15) is 59.6 Å². The van der Waals surface area contributed by atoms with Gasteiger partial charge in [-0.05, 0) is 30.4 Å². The van der Waals surface area contributed by atoms with E-state index in [1.54, 1.807) is 0 Å². The van der Waals surface area contributed by atoms with E-state index in [9.17, 15) is 18.0 Å². The van der Waals surface area contributed by atoms with Crippen LogP contribution >= 0.6 is 0 Å². The molecule has 1 saturated carbocycles. The van der Waals surface area contributed by atoms with Gasteiger partial charge >= 0.3 is 6.18 Å². The highest BCUT2D eigenvalue weighted by Crippen LogP contribution is 2.35. The van der Waals surface area contributed by atoms with E-state index < -0.39 is 11.9 Å². The zero-order chi connectivity index (χ0) is 13.2. The van der Waals surface area contributed by atoms with Gasteiger partial charge in [0.05, 0.1) is 0 Å². The summed E-state index contributed by atoms with van der Waals surface area (Å²) in [4.78, 5) is 14.2. The molecule has 5 heteroatoms. The topological polar surface area (TPSA) is 30.0 Å². The highest BCUT2D eigenvalue weighted by atomic mass is 19.4. The van der Waals surface area contributed by atoms with E-state index in [0.29, 0.717) is 0 Å². The molecule has 0 aromatic carbocycles. The molecule has 1 aliphatic rings. The van der Waals surface area contributed by atoms with Gasteiger partial charge in [-0.3, -0.25) is 9.78 Å². The lowest BCUT2D eigenvalue weighted by Gasteiger charge is -2.22. The van der Waals surface area contributed by atoms with Crippen LogP contribution in [-0.2, 0) is 6.18 Å². The van der Waals surface area contributed by atoms with Crippen molar-refractivity contribution in [2.24, 2.45) is 0 Å². The number of halogens is 3. The molecule has 0 radical (unpaired) electrons. The van der Waals surface area contributed by atoms with Crippen LogP contribution in [0.5, 0.6) is 0 Å². The van der Waals surface area contributed by atoms with Gasteiger partial charge in [0.1, 0.15) is 0 Å². The van der Waals surface area contributed by atoms with Gasteiger partial charge < -0.3 is 0 Å². The summed E-state index contributed by atoms with van der Waals surface area (Å²) < 4.78 is 37.8. The number of nitrogens with zero attached hydrogens (tertiary/aromatic N) is 1. The summed E-state index contributed by atoms with van der Waals surface area (Å²) in [5, 5.41) is 0. The lowest BCUT2D eigenvalue weighted by atomic mass is 9.84. The minimum Gasteiger partial charge on any atom is -0.298 e. The molecule has 1 fully saturated rings. The van der Waals surface area contributed by atoms with Crippen LogP contribution in [0.3, 0.4) is 0 Å². The van der Waals surface area contributed by atoms with Crippen molar-refractivity contribution >= 4 is 6.29 Å². The van der Waals surface area contributed by atoms with Crippen LogP contribution in [0.2, 0.25) is 0 Å². The third kappa shape index (κ3) is 2.71. The molecule has 18 heavy (non-hydrogen) atoms. The van der Waals surface area contributed by atoms with Crippen LogP contribution in [-0.4, -0.2) is 11.3 Å². The van der Waals surface area contributed by atoms with Gasteiger partial charge in [0.2, 0.25) is 0 Å². The van der Waals surface area contributed by atoms with Crippen molar-refractivity contribution in [3.8, 4) is 0 Å². The minimum absolute atomic E-state index is 0.238. The summed E-state index contributed by atoms with van der Waals surface area (Å²) in [6.07, 6.45) is 2.21. The van der Waals surface area contributed by atoms with Crippen molar-refractivity contribution in [3.05, 3.63) is 29.1 Å². The van der Waals surface area contributed by atoms with Crippen molar-refractivity contribution in [1.82, 2.24) is 4.98 Å². The first kappa shape index (κ1) is 13.1. The maximum absolute atomic E-state index is 12.6. The Kier molecular flexibility index (Phi) is 3.68. The number of rotatable bonds is 2. The molecule has 0 saturated heterocycles. The van der Waals surface area contributed by atoms with Crippen molar-refractivity contribution in [2.75, 3.05) is 0 Å². The standard InChI is InChI=1S/C13H14F3NO/c14-13(15,16)12-11(8-18)6-10(7-17-12)9-4-2-1-3-5-9/h6-9H,1-5H2. The van der Waals surface area contributed by atoms with Crippen LogP contribution in [0.15, 0.2) is 12.3 Å². The quantitative estimate of drug-likeness (QED) is 0.750. The summed E-state index contributed by atoms with van der Waals surface area (Å²) in [7, 11) is 0. The Labute approximate surface area is 103 Å². The lowest BCUT2D eigenvalue weighted by Crippen LogP contribution is -2.14. The molecular weight excluding hydrogens is 243 g/mol. The highest BCUT2D eigenvalue weighted by Gasteiger charge is 2.35. The Morgan fingerprint density at radius 3 is 2.44 bits per heavy atom. The fourth-order valence-electron chi connectivity index (χ4n) is 2.48. The molecule has 0 spiro atoms. The molecule has 1 aromatic rings. The normalized spacial score (nSPS) is 17.7.